The van der Waals surface area contributed by atoms with Gasteiger partial charge in [0.15, 0.2) is 0 Å². The molecule has 0 spiro atoms. The number of pyridine rings is 1. The Hall–Kier alpha value is -3.61. The lowest BCUT2D eigenvalue weighted by molar-refractivity contribution is -0.126. The van der Waals surface area contributed by atoms with E-state index in [2.05, 4.69) is 26.7 Å². The summed E-state index contributed by atoms with van der Waals surface area (Å²) in [6, 6.07) is 13.1. The van der Waals surface area contributed by atoms with E-state index < -0.39 is 0 Å². The number of likely N-dealkylation sites (N-methyl/N-ethyl adjacent to an activating group) is 1. The molecule has 0 radical (unpaired) electrons. The van der Waals surface area contributed by atoms with Gasteiger partial charge in [0.1, 0.15) is 5.82 Å². The maximum Gasteiger partial charge on any atom is 0.320 e. The van der Waals surface area contributed by atoms with Gasteiger partial charge < -0.3 is 15.2 Å². The first kappa shape index (κ1) is 19.2. The van der Waals surface area contributed by atoms with Crippen molar-refractivity contribution in [3.05, 3.63) is 66.0 Å². The second kappa shape index (κ2) is 8.39. The number of amides is 3. The highest BCUT2D eigenvalue weighted by Crippen LogP contribution is 2.23. The second-order valence-corrected chi connectivity index (χ2v) is 6.45. The first-order chi connectivity index (χ1) is 13.5. The molecule has 0 fully saturated rings. The van der Waals surface area contributed by atoms with Crippen LogP contribution in [0.15, 0.2) is 54.7 Å². The van der Waals surface area contributed by atoms with Gasteiger partial charge in [0.05, 0.1) is 6.04 Å². The number of benzene rings is 1. The minimum absolute atomic E-state index is 0.0955. The Morgan fingerprint density at radius 2 is 2.00 bits per heavy atom. The fraction of sp³-hybridized carbons (Fsp3) is 0.190. The summed E-state index contributed by atoms with van der Waals surface area (Å²) < 4.78 is 0. The average Bonchev–Trinajstić information content (AvgIpc) is 3.16. The van der Waals surface area contributed by atoms with Crippen molar-refractivity contribution >= 4 is 34.7 Å². The summed E-state index contributed by atoms with van der Waals surface area (Å²) in [5, 5.41) is 6.16. The van der Waals surface area contributed by atoms with Gasteiger partial charge in [-0.3, -0.25) is 10.1 Å². The van der Waals surface area contributed by atoms with Crippen LogP contribution in [0.4, 0.5) is 10.6 Å². The lowest BCUT2D eigenvalue weighted by Gasteiger charge is -2.22. The van der Waals surface area contributed by atoms with Gasteiger partial charge in [0.2, 0.25) is 5.91 Å². The van der Waals surface area contributed by atoms with E-state index >= 15 is 0 Å². The van der Waals surface area contributed by atoms with E-state index in [0.29, 0.717) is 5.82 Å². The third-order valence-electron chi connectivity index (χ3n) is 4.60. The molecule has 3 N–H and O–H groups in total. The molecule has 0 bridgehead atoms. The van der Waals surface area contributed by atoms with Crippen molar-refractivity contribution in [2.45, 2.75) is 13.0 Å². The van der Waals surface area contributed by atoms with E-state index in [4.69, 9.17) is 0 Å². The van der Waals surface area contributed by atoms with E-state index in [-0.39, 0.29) is 18.0 Å². The molecule has 7 nitrogen and oxygen atoms in total. The van der Waals surface area contributed by atoms with Crippen molar-refractivity contribution in [2.75, 3.05) is 19.4 Å². The predicted octanol–water partition coefficient (Wildman–Crippen LogP) is 3.55. The van der Waals surface area contributed by atoms with Gasteiger partial charge >= 0.3 is 6.03 Å². The number of aromatic nitrogens is 2. The van der Waals surface area contributed by atoms with Crippen molar-refractivity contribution in [3.63, 3.8) is 0 Å². The number of rotatable bonds is 5. The normalized spacial score (nSPS) is 12.1. The molecular formula is C21H23N5O2. The Morgan fingerprint density at radius 3 is 2.68 bits per heavy atom. The lowest BCUT2D eigenvalue weighted by atomic mass is 10.2. The highest BCUT2D eigenvalue weighted by Gasteiger charge is 2.17. The number of para-hydroxylation sites is 1. The van der Waals surface area contributed by atoms with Crippen LogP contribution >= 0.6 is 0 Å². The highest BCUT2D eigenvalue weighted by molar-refractivity contribution is 5.92. The fourth-order valence-electron chi connectivity index (χ4n) is 2.76. The number of fused-ring (bicyclic) bond motifs is 1. The zero-order chi connectivity index (χ0) is 20.1. The number of anilines is 1. The minimum atomic E-state index is -0.335. The Balaban J connectivity index is 1.65. The van der Waals surface area contributed by atoms with E-state index in [1.165, 1.54) is 13.1 Å². The van der Waals surface area contributed by atoms with Gasteiger partial charge in [-0.25, -0.2) is 9.78 Å². The fourth-order valence-corrected chi connectivity index (χ4v) is 2.76. The summed E-state index contributed by atoms with van der Waals surface area (Å²) in [4.78, 5) is 33.0. The maximum absolute atomic E-state index is 12.5. The molecule has 28 heavy (non-hydrogen) atoms. The molecule has 1 aromatic carbocycles. The first-order valence-corrected chi connectivity index (χ1v) is 8.95. The van der Waals surface area contributed by atoms with E-state index in [1.54, 1.807) is 36.4 Å². The van der Waals surface area contributed by atoms with Gasteiger partial charge in [-0.1, -0.05) is 18.2 Å². The number of hydrogen-bond donors (Lipinski definition) is 3. The largest absolute Gasteiger partial charge is 0.357 e. The maximum atomic E-state index is 12.5. The molecule has 3 aromatic rings. The zero-order valence-electron chi connectivity index (χ0n) is 16.1. The summed E-state index contributed by atoms with van der Waals surface area (Å²) in [5.41, 5.74) is 2.80. The summed E-state index contributed by atoms with van der Waals surface area (Å²) in [6.45, 7) is 1.98. The molecule has 1 unspecified atom stereocenters. The molecule has 2 aromatic heterocycles. The third-order valence-corrected chi connectivity index (χ3v) is 4.60. The zero-order valence-corrected chi connectivity index (χ0v) is 16.1. The van der Waals surface area contributed by atoms with Crippen LogP contribution in [0.3, 0.4) is 0 Å². The van der Waals surface area contributed by atoms with Crippen LogP contribution in [0.25, 0.3) is 17.0 Å². The van der Waals surface area contributed by atoms with Crippen LogP contribution in [-0.4, -0.2) is 40.9 Å². The SMILES string of the molecule is CNC(=O)Nc1ccc(C=CC(=O)N(C)C(C)c2cc3ccccc3[nH]2)cn1. The van der Waals surface area contributed by atoms with Crippen LogP contribution in [-0.2, 0) is 4.79 Å². The van der Waals surface area contributed by atoms with Gasteiger partial charge in [-0.2, -0.15) is 0 Å². The van der Waals surface area contributed by atoms with Crippen molar-refractivity contribution in [2.24, 2.45) is 0 Å². The molecule has 2 heterocycles. The molecular weight excluding hydrogens is 354 g/mol. The quantitative estimate of drug-likeness (QED) is 0.594. The first-order valence-electron chi connectivity index (χ1n) is 8.95. The molecule has 3 rings (SSSR count). The van der Waals surface area contributed by atoms with Crippen LogP contribution in [0, 0.1) is 0 Å². The monoisotopic (exact) mass is 377 g/mol. The average molecular weight is 377 g/mol. The third kappa shape index (κ3) is 4.37. The molecule has 0 saturated heterocycles. The number of urea groups is 1. The standard InChI is InChI=1S/C21H23N5O2/c1-14(18-12-16-6-4-5-7-17(16)24-18)26(3)20(27)11-9-15-8-10-19(23-13-15)25-21(28)22-2/h4-14,24H,1-3H3,(H2,22,23,25,28). The molecule has 0 aliphatic carbocycles. The second-order valence-electron chi connectivity index (χ2n) is 6.45. The van der Waals surface area contributed by atoms with E-state index in [0.717, 1.165) is 22.2 Å². The molecule has 1 atom stereocenters. The Morgan fingerprint density at radius 1 is 1.21 bits per heavy atom. The molecule has 0 saturated carbocycles. The molecule has 0 aliphatic heterocycles. The minimum Gasteiger partial charge on any atom is -0.357 e. The summed E-state index contributed by atoms with van der Waals surface area (Å²) in [6.07, 6.45) is 4.81. The summed E-state index contributed by atoms with van der Waals surface area (Å²) in [7, 11) is 3.31. The number of carbonyl (C=O) groups is 2. The van der Waals surface area contributed by atoms with Gasteiger partial charge in [0, 0.05) is 37.6 Å². The number of hydrogen-bond acceptors (Lipinski definition) is 3. The highest BCUT2D eigenvalue weighted by atomic mass is 16.2. The van der Waals surface area contributed by atoms with Crippen LogP contribution < -0.4 is 10.6 Å². The topological polar surface area (TPSA) is 90.1 Å². The van der Waals surface area contributed by atoms with Crippen molar-refractivity contribution < 1.29 is 9.59 Å². The van der Waals surface area contributed by atoms with Gasteiger partial charge in [-0.05, 0) is 48.2 Å². The number of aromatic amines is 1. The molecule has 7 heteroatoms. The Bertz CT molecular complexity index is 974. The van der Waals surface area contributed by atoms with Crippen LogP contribution in [0.5, 0.6) is 0 Å². The lowest BCUT2D eigenvalue weighted by Crippen LogP contribution is -2.28. The van der Waals surface area contributed by atoms with Crippen LogP contribution in [0.2, 0.25) is 0 Å². The van der Waals surface area contributed by atoms with E-state index in [9.17, 15) is 9.59 Å². The van der Waals surface area contributed by atoms with Crippen LogP contribution in [0.1, 0.15) is 24.2 Å². The number of nitrogens with zero attached hydrogens (tertiary/aromatic N) is 2. The summed E-state index contributed by atoms with van der Waals surface area (Å²) in [5.74, 6) is 0.325. The number of carbonyl (C=O) groups excluding carboxylic acids is 2. The van der Waals surface area contributed by atoms with Crippen molar-refractivity contribution in [1.29, 1.82) is 0 Å². The van der Waals surface area contributed by atoms with Crippen molar-refractivity contribution in [1.82, 2.24) is 20.2 Å². The predicted molar refractivity (Wildman–Crippen MR) is 111 cm³/mol. The van der Waals surface area contributed by atoms with Gasteiger partial charge in [-0.15, -0.1) is 0 Å². The van der Waals surface area contributed by atoms with Crippen molar-refractivity contribution in [3.8, 4) is 0 Å². The molecule has 144 valence electrons. The summed E-state index contributed by atoms with van der Waals surface area (Å²) >= 11 is 0. The smallest absolute Gasteiger partial charge is 0.320 e. The van der Waals surface area contributed by atoms with Gasteiger partial charge in [0.25, 0.3) is 0 Å². The number of H-pyrrole nitrogens is 1. The molecule has 0 aliphatic rings. The Labute approximate surface area is 163 Å². The molecule has 3 amide bonds. The Kier molecular flexibility index (Phi) is 5.74. The van der Waals surface area contributed by atoms with E-state index in [1.807, 2.05) is 31.2 Å². The number of nitrogens with one attached hydrogen (secondary N) is 3.